The Kier molecular flexibility index (Phi) is 4.23. The smallest absolute Gasteiger partial charge is 0.269 e. The van der Waals surface area contributed by atoms with E-state index in [0.29, 0.717) is 5.75 Å². The van der Waals surface area contributed by atoms with Crippen LogP contribution in [-0.4, -0.2) is 10.0 Å². The van der Waals surface area contributed by atoms with Crippen molar-refractivity contribution in [3.8, 4) is 5.75 Å². The van der Waals surface area contributed by atoms with Gasteiger partial charge < -0.3 is 9.84 Å². The zero-order valence-corrected chi connectivity index (χ0v) is 11.9. The quantitative estimate of drug-likeness (QED) is 0.675. The summed E-state index contributed by atoms with van der Waals surface area (Å²) < 4.78 is 5.59. The molecule has 110 valence electrons. The van der Waals surface area contributed by atoms with Gasteiger partial charge in [0, 0.05) is 12.1 Å². The Morgan fingerprint density at radius 1 is 1.19 bits per heavy atom. The summed E-state index contributed by atoms with van der Waals surface area (Å²) in [6.45, 7) is 3.68. The lowest BCUT2D eigenvalue weighted by Gasteiger charge is -2.18. The first kappa shape index (κ1) is 15.0. The normalized spacial score (nSPS) is 11.2. The molecule has 0 aromatic heterocycles. The molecular weight excluding hydrogens is 270 g/mol. The van der Waals surface area contributed by atoms with Gasteiger partial charge in [-0.05, 0) is 37.1 Å². The highest BCUT2D eigenvalue weighted by atomic mass is 16.6. The molecule has 0 unspecified atom stereocenters. The second-order valence-corrected chi connectivity index (χ2v) is 5.30. The molecule has 2 aromatic rings. The van der Waals surface area contributed by atoms with E-state index < -0.39 is 10.5 Å². The van der Waals surface area contributed by atoms with Gasteiger partial charge in [0.2, 0.25) is 0 Å². The molecule has 5 heteroatoms. The van der Waals surface area contributed by atoms with Gasteiger partial charge in [-0.2, -0.15) is 0 Å². The number of hydrogen-bond acceptors (Lipinski definition) is 4. The highest BCUT2D eigenvalue weighted by Gasteiger charge is 2.15. The predicted octanol–water partition coefficient (Wildman–Crippen LogP) is 3.40. The van der Waals surface area contributed by atoms with E-state index in [1.54, 1.807) is 50.2 Å². The van der Waals surface area contributed by atoms with Crippen molar-refractivity contribution < 1.29 is 14.8 Å². The number of benzene rings is 2. The topological polar surface area (TPSA) is 72.6 Å². The van der Waals surface area contributed by atoms with E-state index in [9.17, 15) is 15.2 Å². The van der Waals surface area contributed by atoms with Gasteiger partial charge in [-0.25, -0.2) is 0 Å². The molecule has 0 saturated carbocycles. The molecule has 0 aliphatic rings. The van der Waals surface area contributed by atoms with Crippen LogP contribution in [-0.2, 0) is 12.2 Å². The van der Waals surface area contributed by atoms with Crippen molar-refractivity contribution in [3.05, 3.63) is 69.8 Å². The van der Waals surface area contributed by atoms with Crippen LogP contribution in [0.2, 0.25) is 0 Å². The van der Waals surface area contributed by atoms with Crippen molar-refractivity contribution in [2.45, 2.75) is 26.1 Å². The fourth-order valence-corrected chi connectivity index (χ4v) is 1.89. The van der Waals surface area contributed by atoms with Crippen molar-refractivity contribution >= 4 is 5.69 Å². The molecule has 0 radical (unpaired) electrons. The summed E-state index contributed by atoms with van der Waals surface area (Å²) in [5, 5.41) is 20.6. The number of nitrogens with zero attached hydrogens (tertiary/aromatic N) is 1. The number of non-ortho nitro benzene ring substituents is 1. The standard InChI is InChI=1S/C16H17NO4/c1-16(2,18)13-6-8-15(9-7-13)21-11-12-4-3-5-14(10-12)17(19)20/h3-10,18H,11H2,1-2H3. The van der Waals surface area contributed by atoms with Crippen LogP contribution < -0.4 is 4.74 Å². The summed E-state index contributed by atoms with van der Waals surface area (Å²) in [5.74, 6) is 0.648. The molecular formula is C16H17NO4. The monoisotopic (exact) mass is 287 g/mol. The van der Waals surface area contributed by atoms with Gasteiger partial charge in [0.25, 0.3) is 5.69 Å². The molecule has 1 N–H and O–H groups in total. The molecule has 5 nitrogen and oxygen atoms in total. The van der Waals surface area contributed by atoms with E-state index in [0.717, 1.165) is 11.1 Å². The molecule has 0 aliphatic carbocycles. The minimum absolute atomic E-state index is 0.0495. The van der Waals surface area contributed by atoms with Gasteiger partial charge >= 0.3 is 0 Å². The Bertz CT molecular complexity index is 629. The first-order chi connectivity index (χ1) is 9.86. The van der Waals surface area contributed by atoms with E-state index in [2.05, 4.69) is 0 Å². The minimum atomic E-state index is -0.890. The van der Waals surface area contributed by atoms with Gasteiger partial charge in [0.05, 0.1) is 10.5 Å². The van der Waals surface area contributed by atoms with Crippen LogP contribution in [0, 0.1) is 10.1 Å². The lowest BCUT2D eigenvalue weighted by Crippen LogP contribution is -2.14. The third kappa shape index (κ3) is 4.03. The van der Waals surface area contributed by atoms with Crippen LogP contribution in [0.1, 0.15) is 25.0 Å². The van der Waals surface area contributed by atoms with E-state index >= 15 is 0 Å². The molecule has 2 aromatic carbocycles. The fourth-order valence-electron chi connectivity index (χ4n) is 1.89. The van der Waals surface area contributed by atoms with Gasteiger partial charge in [-0.15, -0.1) is 0 Å². The molecule has 0 heterocycles. The van der Waals surface area contributed by atoms with Crippen molar-refractivity contribution in [3.63, 3.8) is 0 Å². The summed E-state index contributed by atoms with van der Waals surface area (Å²) in [6.07, 6.45) is 0. The Balaban J connectivity index is 2.03. The lowest BCUT2D eigenvalue weighted by molar-refractivity contribution is -0.384. The number of rotatable bonds is 5. The van der Waals surface area contributed by atoms with Crippen LogP contribution in [0.25, 0.3) is 0 Å². The van der Waals surface area contributed by atoms with E-state index in [-0.39, 0.29) is 12.3 Å². The average molecular weight is 287 g/mol. The number of nitro groups is 1. The molecule has 2 rings (SSSR count). The molecule has 21 heavy (non-hydrogen) atoms. The SMILES string of the molecule is CC(C)(O)c1ccc(OCc2cccc([N+](=O)[O-])c2)cc1. The van der Waals surface area contributed by atoms with Crippen LogP contribution >= 0.6 is 0 Å². The van der Waals surface area contributed by atoms with E-state index in [1.165, 1.54) is 12.1 Å². The number of aliphatic hydroxyl groups is 1. The zero-order chi connectivity index (χ0) is 15.5. The molecule has 0 spiro atoms. The number of ether oxygens (including phenoxy) is 1. The largest absolute Gasteiger partial charge is 0.489 e. The van der Waals surface area contributed by atoms with E-state index in [4.69, 9.17) is 4.74 Å². The first-order valence-corrected chi connectivity index (χ1v) is 6.55. The fraction of sp³-hybridized carbons (Fsp3) is 0.250. The molecule has 0 aliphatic heterocycles. The Morgan fingerprint density at radius 2 is 1.86 bits per heavy atom. The van der Waals surface area contributed by atoms with Gasteiger partial charge in [0.15, 0.2) is 0 Å². The second-order valence-electron chi connectivity index (χ2n) is 5.30. The van der Waals surface area contributed by atoms with Gasteiger partial charge in [0.1, 0.15) is 12.4 Å². The van der Waals surface area contributed by atoms with Crippen LogP contribution in [0.4, 0.5) is 5.69 Å². The highest BCUT2D eigenvalue weighted by Crippen LogP contribution is 2.23. The van der Waals surface area contributed by atoms with E-state index in [1.807, 2.05) is 0 Å². The Labute approximate surface area is 123 Å². The molecule has 0 fully saturated rings. The van der Waals surface area contributed by atoms with Gasteiger partial charge in [-0.1, -0.05) is 24.3 Å². The first-order valence-electron chi connectivity index (χ1n) is 6.55. The Hall–Kier alpha value is -2.40. The summed E-state index contributed by atoms with van der Waals surface area (Å²) in [5.41, 5.74) is 0.688. The third-order valence-corrected chi connectivity index (χ3v) is 3.09. The second kappa shape index (κ2) is 5.93. The van der Waals surface area contributed by atoms with Crippen LogP contribution in [0.3, 0.4) is 0 Å². The van der Waals surface area contributed by atoms with Gasteiger partial charge in [-0.3, -0.25) is 10.1 Å². The highest BCUT2D eigenvalue weighted by molar-refractivity contribution is 5.35. The third-order valence-electron chi connectivity index (χ3n) is 3.09. The van der Waals surface area contributed by atoms with Crippen LogP contribution in [0.15, 0.2) is 48.5 Å². The maximum atomic E-state index is 10.7. The molecule has 0 saturated heterocycles. The lowest BCUT2D eigenvalue weighted by atomic mass is 9.99. The summed E-state index contributed by atoms with van der Waals surface area (Å²) >= 11 is 0. The predicted molar refractivity (Wildman–Crippen MR) is 79.1 cm³/mol. The van der Waals surface area contributed by atoms with Crippen LogP contribution in [0.5, 0.6) is 5.75 Å². The number of nitro benzene ring substituents is 1. The molecule has 0 amide bonds. The minimum Gasteiger partial charge on any atom is -0.489 e. The average Bonchev–Trinajstić information content (AvgIpc) is 2.45. The van der Waals surface area contributed by atoms with Crippen molar-refractivity contribution in [2.24, 2.45) is 0 Å². The van der Waals surface area contributed by atoms with Crippen molar-refractivity contribution in [2.75, 3.05) is 0 Å². The van der Waals surface area contributed by atoms with Crippen molar-refractivity contribution in [1.29, 1.82) is 0 Å². The zero-order valence-electron chi connectivity index (χ0n) is 11.9. The summed E-state index contributed by atoms with van der Waals surface area (Å²) in [4.78, 5) is 10.3. The Morgan fingerprint density at radius 3 is 2.43 bits per heavy atom. The number of hydrogen-bond donors (Lipinski definition) is 1. The molecule has 0 atom stereocenters. The maximum Gasteiger partial charge on any atom is 0.269 e. The summed E-state index contributed by atoms with van der Waals surface area (Å²) in [7, 11) is 0. The molecule has 0 bridgehead atoms. The maximum absolute atomic E-state index is 10.7. The summed E-state index contributed by atoms with van der Waals surface area (Å²) in [6, 6.07) is 13.5. The van der Waals surface area contributed by atoms with Crippen molar-refractivity contribution in [1.82, 2.24) is 0 Å².